The van der Waals surface area contributed by atoms with Gasteiger partial charge in [-0.2, -0.15) is 18.6 Å². The predicted molar refractivity (Wildman–Crippen MR) is 59.9 cm³/mol. The molecule has 0 aliphatic heterocycles. The van der Waals surface area contributed by atoms with Crippen LogP contribution in [-0.4, -0.2) is 26.4 Å². The summed E-state index contributed by atoms with van der Waals surface area (Å²) >= 11 is 0. The average molecular weight is 254 g/mol. The highest BCUT2D eigenvalue weighted by Gasteiger charge is 2.11. The minimum Gasteiger partial charge on any atom is -0.433 e. The first-order valence-electron chi connectivity index (χ1n) is 5.39. The van der Waals surface area contributed by atoms with Crippen molar-refractivity contribution in [3.05, 3.63) is 30.5 Å². The van der Waals surface area contributed by atoms with E-state index in [1.165, 1.54) is 18.6 Å². The Morgan fingerprint density at radius 2 is 2.00 bits per heavy atom. The lowest BCUT2D eigenvalue weighted by Crippen LogP contribution is -2.07. The van der Waals surface area contributed by atoms with E-state index in [1.54, 1.807) is 10.7 Å². The summed E-state index contributed by atoms with van der Waals surface area (Å²) in [7, 11) is 0. The standard InChI is InChI=1S/C11H12F2N4O/c1-7(2)10-15-6-16-17(10)9-4-3-8(5-14-9)18-11(12)13/h3-7,11H,1-2H3. The number of alkyl halides is 2. The maximum absolute atomic E-state index is 12.0. The molecule has 96 valence electrons. The summed E-state index contributed by atoms with van der Waals surface area (Å²) in [6.07, 6.45) is 2.66. The first-order valence-corrected chi connectivity index (χ1v) is 5.39. The summed E-state index contributed by atoms with van der Waals surface area (Å²) in [4.78, 5) is 8.14. The van der Waals surface area contributed by atoms with Gasteiger partial charge in [0.25, 0.3) is 0 Å². The van der Waals surface area contributed by atoms with Gasteiger partial charge in [0.1, 0.15) is 17.9 Å². The van der Waals surface area contributed by atoms with E-state index in [2.05, 4.69) is 19.8 Å². The Balaban J connectivity index is 2.26. The topological polar surface area (TPSA) is 52.8 Å². The molecule has 2 heterocycles. The molecule has 2 rings (SSSR count). The zero-order valence-corrected chi connectivity index (χ0v) is 9.92. The van der Waals surface area contributed by atoms with E-state index in [0.717, 1.165) is 5.82 Å². The zero-order chi connectivity index (χ0) is 13.1. The normalized spacial score (nSPS) is 11.2. The molecule has 0 saturated carbocycles. The SMILES string of the molecule is CC(C)c1ncnn1-c1ccc(OC(F)F)cn1. The van der Waals surface area contributed by atoms with Gasteiger partial charge >= 0.3 is 6.61 Å². The minimum atomic E-state index is -2.85. The number of pyridine rings is 1. The van der Waals surface area contributed by atoms with Crippen LogP contribution in [0.15, 0.2) is 24.7 Å². The van der Waals surface area contributed by atoms with Crippen LogP contribution in [0.3, 0.4) is 0 Å². The monoisotopic (exact) mass is 254 g/mol. The van der Waals surface area contributed by atoms with Gasteiger partial charge in [0, 0.05) is 5.92 Å². The van der Waals surface area contributed by atoms with Gasteiger partial charge in [-0.25, -0.2) is 9.97 Å². The second-order valence-corrected chi connectivity index (χ2v) is 3.92. The molecule has 0 atom stereocenters. The van der Waals surface area contributed by atoms with Crippen LogP contribution in [-0.2, 0) is 0 Å². The minimum absolute atomic E-state index is 0.0139. The number of hydrogen-bond acceptors (Lipinski definition) is 4. The quantitative estimate of drug-likeness (QED) is 0.840. The molecule has 2 aromatic heterocycles. The van der Waals surface area contributed by atoms with E-state index in [9.17, 15) is 8.78 Å². The van der Waals surface area contributed by atoms with Gasteiger partial charge in [0.05, 0.1) is 6.20 Å². The van der Waals surface area contributed by atoms with Gasteiger partial charge < -0.3 is 4.74 Å². The maximum atomic E-state index is 12.0. The average Bonchev–Trinajstić information content (AvgIpc) is 2.78. The Kier molecular flexibility index (Phi) is 3.50. The smallest absolute Gasteiger partial charge is 0.387 e. The molecule has 0 aromatic carbocycles. The third-order valence-electron chi connectivity index (χ3n) is 2.25. The lowest BCUT2D eigenvalue weighted by molar-refractivity contribution is -0.0500. The number of aromatic nitrogens is 4. The van der Waals surface area contributed by atoms with E-state index in [0.29, 0.717) is 5.82 Å². The molecule has 0 fully saturated rings. The van der Waals surface area contributed by atoms with E-state index in [4.69, 9.17) is 0 Å². The van der Waals surface area contributed by atoms with Gasteiger partial charge in [0.15, 0.2) is 5.82 Å². The van der Waals surface area contributed by atoms with Crippen LogP contribution in [0.5, 0.6) is 5.75 Å². The number of halogens is 2. The van der Waals surface area contributed by atoms with Gasteiger partial charge in [0.2, 0.25) is 0 Å². The molecule has 0 spiro atoms. The first-order chi connectivity index (χ1) is 8.58. The Bertz CT molecular complexity index is 510. The molecule has 5 nitrogen and oxygen atoms in total. The second kappa shape index (κ2) is 5.07. The van der Waals surface area contributed by atoms with Gasteiger partial charge in [-0.05, 0) is 12.1 Å². The van der Waals surface area contributed by atoms with Crippen LogP contribution in [0.4, 0.5) is 8.78 Å². The maximum Gasteiger partial charge on any atom is 0.387 e. The van der Waals surface area contributed by atoms with Crippen molar-refractivity contribution < 1.29 is 13.5 Å². The Labute approximate surface area is 102 Å². The number of ether oxygens (including phenoxy) is 1. The molecule has 0 unspecified atom stereocenters. The molecule has 0 N–H and O–H groups in total. The molecule has 18 heavy (non-hydrogen) atoms. The Morgan fingerprint density at radius 1 is 1.22 bits per heavy atom. The van der Waals surface area contributed by atoms with Gasteiger partial charge in [-0.1, -0.05) is 13.8 Å². The molecular formula is C11H12F2N4O. The lowest BCUT2D eigenvalue weighted by Gasteiger charge is -2.08. The third kappa shape index (κ3) is 2.61. The zero-order valence-electron chi connectivity index (χ0n) is 9.92. The van der Waals surface area contributed by atoms with Crippen molar-refractivity contribution in [3.8, 4) is 11.6 Å². The van der Waals surface area contributed by atoms with E-state index in [1.807, 2.05) is 13.8 Å². The van der Waals surface area contributed by atoms with Crippen LogP contribution in [0.2, 0.25) is 0 Å². The fourth-order valence-corrected chi connectivity index (χ4v) is 1.49. The van der Waals surface area contributed by atoms with E-state index >= 15 is 0 Å². The molecule has 0 aliphatic carbocycles. The molecule has 0 amide bonds. The molecule has 7 heteroatoms. The summed E-state index contributed by atoms with van der Waals surface area (Å²) < 4.78 is 29.8. The van der Waals surface area contributed by atoms with Crippen molar-refractivity contribution >= 4 is 0 Å². The fourth-order valence-electron chi connectivity index (χ4n) is 1.49. The van der Waals surface area contributed by atoms with Crippen LogP contribution >= 0.6 is 0 Å². The van der Waals surface area contributed by atoms with Crippen molar-refractivity contribution in [1.29, 1.82) is 0 Å². The molecule has 0 radical (unpaired) electrons. The number of rotatable bonds is 4. The molecular weight excluding hydrogens is 242 g/mol. The molecule has 0 bridgehead atoms. The first kappa shape index (κ1) is 12.4. The lowest BCUT2D eigenvalue weighted by atomic mass is 10.2. The van der Waals surface area contributed by atoms with Crippen LogP contribution in [0, 0.1) is 0 Å². The van der Waals surface area contributed by atoms with E-state index < -0.39 is 6.61 Å². The molecule has 2 aromatic rings. The van der Waals surface area contributed by atoms with Crippen LogP contribution in [0.1, 0.15) is 25.6 Å². The summed E-state index contributed by atoms with van der Waals surface area (Å²) in [5.41, 5.74) is 0. The van der Waals surface area contributed by atoms with Crippen molar-refractivity contribution in [2.75, 3.05) is 0 Å². The molecule has 0 saturated heterocycles. The summed E-state index contributed by atoms with van der Waals surface area (Å²) in [6, 6.07) is 2.97. The molecule has 0 aliphatic rings. The van der Waals surface area contributed by atoms with Crippen molar-refractivity contribution in [2.24, 2.45) is 0 Å². The fraction of sp³-hybridized carbons (Fsp3) is 0.364. The highest BCUT2D eigenvalue weighted by molar-refractivity contribution is 5.29. The van der Waals surface area contributed by atoms with Crippen molar-refractivity contribution in [3.63, 3.8) is 0 Å². The third-order valence-corrected chi connectivity index (χ3v) is 2.25. The highest BCUT2D eigenvalue weighted by Crippen LogP contribution is 2.17. The van der Waals surface area contributed by atoms with Gasteiger partial charge in [-0.15, -0.1) is 0 Å². The summed E-state index contributed by atoms with van der Waals surface area (Å²) in [5, 5.41) is 4.05. The van der Waals surface area contributed by atoms with Crippen molar-refractivity contribution in [2.45, 2.75) is 26.4 Å². The Hall–Kier alpha value is -2.05. The number of hydrogen-bond donors (Lipinski definition) is 0. The summed E-state index contributed by atoms with van der Waals surface area (Å²) in [6.45, 7) is 1.11. The van der Waals surface area contributed by atoms with Crippen molar-refractivity contribution in [1.82, 2.24) is 19.7 Å². The Morgan fingerprint density at radius 3 is 2.56 bits per heavy atom. The second-order valence-electron chi connectivity index (χ2n) is 3.92. The van der Waals surface area contributed by atoms with Crippen LogP contribution in [0.25, 0.3) is 5.82 Å². The largest absolute Gasteiger partial charge is 0.433 e. The van der Waals surface area contributed by atoms with E-state index in [-0.39, 0.29) is 11.7 Å². The number of nitrogens with zero attached hydrogens (tertiary/aromatic N) is 4. The summed E-state index contributed by atoms with van der Waals surface area (Å²) in [5.74, 6) is 1.47. The van der Waals surface area contributed by atoms with Crippen LogP contribution < -0.4 is 4.74 Å². The predicted octanol–water partition coefficient (Wildman–Crippen LogP) is 2.39. The highest BCUT2D eigenvalue weighted by atomic mass is 19.3. The van der Waals surface area contributed by atoms with Gasteiger partial charge in [-0.3, -0.25) is 0 Å².